The number of ether oxygens (including phenoxy) is 1. The number of carbonyl (C=O) groups is 1. The fraction of sp³-hybridized carbons (Fsp3) is 0.545. The highest BCUT2D eigenvalue weighted by Gasteiger charge is 2.37. The fourth-order valence-corrected chi connectivity index (χ4v) is 4.68. The predicted molar refractivity (Wildman–Crippen MR) is 132 cm³/mol. The van der Waals surface area contributed by atoms with Crippen molar-refractivity contribution in [1.82, 2.24) is 0 Å². The number of carbonyl (C=O) groups excluding carboxylic acids is 1. The first-order chi connectivity index (χ1) is 13.5. The van der Waals surface area contributed by atoms with E-state index in [1.54, 1.807) is 32.9 Å². The van der Waals surface area contributed by atoms with E-state index in [1.165, 1.54) is 4.90 Å². The van der Waals surface area contributed by atoms with E-state index in [4.69, 9.17) is 9.16 Å². The largest absolute Gasteiger partial charge is 0.443 e. The van der Waals surface area contributed by atoms with Crippen molar-refractivity contribution in [1.29, 1.82) is 5.26 Å². The zero-order chi connectivity index (χ0) is 23.5. The average Bonchev–Trinajstić information content (AvgIpc) is 2.55. The van der Waals surface area contributed by atoms with Gasteiger partial charge in [0, 0.05) is 8.95 Å². The van der Waals surface area contributed by atoms with Crippen molar-refractivity contribution in [2.24, 2.45) is 0 Å². The van der Waals surface area contributed by atoms with Gasteiger partial charge in [0.25, 0.3) is 0 Å². The molecule has 0 radical (unpaired) electrons. The summed E-state index contributed by atoms with van der Waals surface area (Å²) in [4.78, 5) is 14.5. The summed E-state index contributed by atoms with van der Waals surface area (Å²) in [5.41, 5.74) is 0.844. The molecule has 0 N–H and O–H groups in total. The summed E-state index contributed by atoms with van der Waals surface area (Å²) >= 11 is 6.88. The first kappa shape index (κ1) is 26.9. The Labute approximate surface area is 198 Å². The van der Waals surface area contributed by atoms with Crippen LogP contribution in [0.5, 0.6) is 0 Å². The maximum Gasteiger partial charge on any atom is 0.415 e. The smallest absolute Gasteiger partial charge is 0.415 e. The Kier molecular flexibility index (Phi) is 8.95. The van der Waals surface area contributed by atoms with E-state index in [0.717, 1.165) is 10.0 Å². The van der Waals surface area contributed by atoms with E-state index in [0.29, 0.717) is 22.3 Å². The van der Waals surface area contributed by atoms with Gasteiger partial charge in [-0.2, -0.15) is 5.26 Å². The van der Waals surface area contributed by atoms with E-state index in [-0.39, 0.29) is 11.6 Å². The molecule has 0 saturated carbocycles. The van der Waals surface area contributed by atoms with E-state index in [2.05, 4.69) is 78.4 Å². The lowest BCUT2D eigenvalue weighted by molar-refractivity contribution is 0.0582. The third kappa shape index (κ3) is 7.52. The zero-order valence-corrected chi connectivity index (χ0v) is 23.3. The molecule has 8 heteroatoms. The summed E-state index contributed by atoms with van der Waals surface area (Å²) in [5, 5.41) is 9.72. The Morgan fingerprint density at radius 3 is 2.23 bits per heavy atom. The molecule has 0 aromatic heterocycles. The lowest BCUT2D eigenvalue weighted by Crippen LogP contribution is -2.42. The lowest BCUT2D eigenvalue weighted by Gasteiger charge is -2.36. The van der Waals surface area contributed by atoms with Gasteiger partial charge in [-0.05, 0) is 72.5 Å². The minimum atomic E-state index is -1.96. The molecule has 166 valence electrons. The van der Waals surface area contributed by atoms with Crippen molar-refractivity contribution in [2.75, 3.05) is 18.1 Å². The molecule has 30 heavy (non-hydrogen) atoms. The van der Waals surface area contributed by atoms with Crippen LogP contribution >= 0.6 is 31.9 Å². The summed E-state index contributed by atoms with van der Waals surface area (Å²) in [6.07, 6.45) is -0.546. The van der Waals surface area contributed by atoms with Gasteiger partial charge in [0.2, 0.25) is 0 Å². The normalized spacial score (nSPS) is 12.3. The van der Waals surface area contributed by atoms with Gasteiger partial charge in [0.05, 0.1) is 24.4 Å². The molecule has 1 rings (SSSR count). The number of hydrogen-bond acceptors (Lipinski definition) is 4. The molecule has 1 aromatic rings. The number of rotatable bonds is 6. The summed E-state index contributed by atoms with van der Waals surface area (Å²) in [5.74, 6) is 0. The van der Waals surface area contributed by atoms with Crippen molar-refractivity contribution in [3.8, 4) is 6.07 Å². The molecule has 0 spiro atoms. The first-order valence-electron chi connectivity index (χ1n) is 9.69. The van der Waals surface area contributed by atoms with Gasteiger partial charge in [-0.1, -0.05) is 43.3 Å². The van der Waals surface area contributed by atoms with Crippen molar-refractivity contribution >= 4 is 52.0 Å². The summed E-state index contributed by atoms with van der Waals surface area (Å²) < 4.78 is 13.2. The molecular weight excluding hydrogens is 528 g/mol. The second-order valence-electron chi connectivity index (χ2n) is 9.76. The number of anilines is 1. The molecule has 0 bridgehead atoms. The zero-order valence-electron chi connectivity index (χ0n) is 19.2. The van der Waals surface area contributed by atoms with E-state index in [1.807, 2.05) is 0 Å². The maximum atomic E-state index is 13.0. The molecular formula is C22H32Br2N2O3Si. The maximum absolute atomic E-state index is 13.0. The Bertz CT molecular complexity index is 850. The number of amides is 1. The quantitative estimate of drug-likeness (QED) is 0.269. The molecule has 0 unspecified atom stereocenters. The topological polar surface area (TPSA) is 62.6 Å². The molecule has 1 aromatic carbocycles. The van der Waals surface area contributed by atoms with Gasteiger partial charge in [-0.25, -0.2) is 4.79 Å². The molecule has 0 aliphatic rings. The lowest BCUT2D eigenvalue weighted by atomic mass is 10.1. The molecule has 0 aliphatic heterocycles. The third-order valence-corrected chi connectivity index (χ3v) is 10.4. The van der Waals surface area contributed by atoms with Crippen LogP contribution in [0.3, 0.4) is 0 Å². The van der Waals surface area contributed by atoms with Crippen LogP contribution in [0.4, 0.5) is 10.5 Å². The van der Waals surface area contributed by atoms with Crippen LogP contribution in [0, 0.1) is 11.3 Å². The monoisotopic (exact) mass is 558 g/mol. The minimum absolute atomic E-state index is 0.0703. The van der Waals surface area contributed by atoms with Gasteiger partial charge in [0.15, 0.2) is 8.32 Å². The number of hydrogen-bond donors (Lipinski definition) is 0. The highest BCUT2D eigenvalue weighted by Crippen LogP contribution is 2.37. The molecule has 1 amide bonds. The highest BCUT2D eigenvalue weighted by atomic mass is 79.9. The van der Waals surface area contributed by atoms with Crippen molar-refractivity contribution in [2.45, 2.75) is 65.3 Å². The summed E-state index contributed by atoms with van der Waals surface area (Å²) in [6, 6.07) is 5.63. The summed E-state index contributed by atoms with van der Waals surface area (Å²) in [6.45, 7) is 20.9. The number of halogens is 2. The molecule has 0 saturated heterocycles. The first-order valence-corrected chi connectivity index (χ1v) is 14.2. The summed E-state index contributed by atoms with van der Waals surface area (Å²) in [7, 11) is -1.96. The minimum Gasteiger partial charge on any atom is -0.443 e. The second kappa shape index (κ2) is 9.99. The Morgan fingerprint density at radius 1 is 1.20 bits per heavy atom. The fourth-order valence-electron chi connectivity index (χ4n) is 2.25. The number of nitrogens with zero attached hydrogens (tertiary/aromatic N) is 2. The number of nitriles is 1. The standard InChI is InChI=1S/C22H32Br2N2O3Si/c1-15(14-28-30(8,9)22(5,6)7)13-26(20(27)29-21(2,3)4)19-16(12-25)10-17(23)11-18(19)24/h10-11H,1,13-14H2,2-9H3. The van der Waals surface area contributed by atoms with E-state index >= 15 is 0 Å². The molecule has 0 heterocycles. The van der Waals surface area contributed by atoms with Crippen molar-refractivity contribution in [3.05, 3.63) is 38.8 Å². The average molecular weight is 560 g/mol. The van der Waals surface area contributed by atoms with Gasteiger partial charge in [-0.15, -0.1) is 0 Å². The van der Waals surface area contributed by atoms with Crippen LogP contribution < -0.4 is 4.90 Å². The Balaban J connectivity index is 3.24. The van der Waals surface area contributed by atoms with Crippen molar-refractivity contribution in [3.63, 3.8) is 0 Å². The van der Waals surface area contributed by atoms with Crippen LogP contribution in [-0.4, -0.2) is 33.2 Å². The van der Waals surface area contributed by atoms with Crippen LogP contribution in [0.15, 0.2) is 33.2 Å². The second-order valence-corrected chi connectivity index (χ2v) is 16.3. The molecule has 0 fully saturated rings. The van der Waals surface area contributed by atoms with Crippen LogP contribution in [0.2, 0.25) is 18.1 Å². The van der Waals surface area contributed by atoms with Crippen LogP contribution in [0.1, 0.15) is 47.1 Å². The van der Waals surface area contributed by atoms with E-state index < -0.39 is 20.0 Å². The van der Waals surface area contributed by atoms with Crippen molar-refractivity contribution < 1.29 is 14.0 Å². The Morgan fingerprint density at radius 2 is 1.77 bits per heavy atom. The SMILES string of the molecule is C=C(CO[Si](C)(C)C(C)(C)C)CN(C(=O)OC(C)(C)C)c1c(Br)cc(Br)cc1C#N. The third-order valence-electron chi connectivity index (χ3n) is 4.86. The van der Waals surface area contributed by atoms with Crippen LogP contribution in [0.25, 0.3) is 0 Å². The Hall–Kier alpha value is -1.14. The molecule has 0 atom stereocenters. The van der Waals surface area contributed by atoms with Gasteiger partial charge in [0.1, 0.15) is 11.7 Å². The van der Waals surface area contributed by atoms with Gasteiger partial charge >= 0.3 is 6.09 Å². The predicted octanol–water partition coefficient (Wildman–Crippen LogP) is 7.40. The molecule has 0 aliphatic carbocycles. The van der Waals surface area contributed by atoms with Gasteiger partial charge in [-0.3, -0.25) is 4.90 Å². The highest BCUT2D eigenvalue weighted by molar-refractivity contribution is 9.11. The molecule has 5 nitrogen and oxygen atoms in total. The number of benzene rings is 1. The van der Waals surface area contributed by atoms with Gasteiger partial charge < -0.3 is 9.16 Å². The van der Waals surface area contributed by atoms with Crippen LogP contribution in [-0.2, 0) is 9.16 Å². The van der Waals surface area contributed by atoms with E-state index in [9.17, 15) is 10.1 Å².